The van der Waals surface area contributed by atoms with E-state index in [4.69, 9.17) is 9.47 Å². The van der Waals surface area contributed by atoms with Crippen LogP contribution in [0.15, 0.2) is 30.5 Å². The molecule has 11 heteroatoms. The number of rotatable bonds is 10. The molecule has 0 aliphatic rings. The second-order valence-corrected chi connectivity index (χ2v) is 7.47. The lowest BCUT2D eigenvalue weighted by Gasteiger charge is -2.25. The summed E-state index contributed by atoms with van der Waals surface area (Å²) in [6.45, 7) is 6.33. The second kappa shape index (κ2) is 9.95. The predicted octanol–water partition coefficient (Wildman–Crippen LogP) is 2.24. The Balaban J connectivity index is 1.96. The van der Waals surface area contributed by atoms with Gasteiger partial charge in [0, 0.05) is 12.1 Å². The summed E-state index contributed by atoms with van der Waals surface area (Å²) in [4.78, 5) is 27.0. The third kappa shape index (κ3) is 7.84. The molecule has 1 unspecified atom stereocenters. The van der Waals surface area contributed by atoms with Crippen molar-refractivity contribution in [2.75, 3.05) is 13.2 Å². The summed E-state index contributed by atoms with van der Waals surface area (Å²) >= 11 is 1.03. The van der Waals surface area contributed by atoms with Crippen molar-refractivity contribution in [3.63, 3.8) is 0 Å². The van der Waals surface area contributed by atoms with Crippen molar-refractivity contribution in [1.29, 1.82) is 0 Å². The molecule has 0 saturated heterocycles. The maximum Gasteiger partial charge on any atom is 0.338 e. The van der Waals surface area contributed by atoms with Gasteiger partial charge in [0.15, 0.2) is 0 Å². The molecular weight excluding hydrogens is 388 g/mol. The van der Waals surface area contributed by atoms with Crippen LogP contribution in [0.3, 0.4) is 0 Å². The number of nitrogens with zero attached hydrogens (tertiary/aromatic N) is 3. The molecule has 1 atom stereocenters. The Kier molecular flexibility index (Phi) is 7.64. The summed E-state index contributed by atoms with van der Waals surface area (Å²) in [5.74, 6) is -0.153. The number of carbonyl (C=O) groups is 1. The summed E-state index contributed by atoms with van der Waals surface area (Å²) in [7, 11) is 0. The van der Waals surface area contributed by atoms with Gasteiger partial charge in [-0.1, -0.05) is 12.1 Å². The SMILES string of the molecule is CC(C)(C)NCC(COc1cnsn1)OC(=O)c1ccc(CO[N+](=O)[O-])cc1. The van der Waals surface area contributed by atoms with Crippen molar-refractivity contribution >= 4 is 17.7 Å². The fourth-order valence-corrected chi connectivity index (χ4v) is 2.40. The first-order valence-electron chi connectivity index (χ1n) is 8.45. The van der Waals surface area contributed by atoms with Gasteiger partial charge in [-0.2, -0.15) is 4.37 Å². The van der Waals surface area contributed by atoms with E-state index < -0.39 is 17.2 Å². The van der Waals surface area contributed by atoms with Crippen LogP contribution < -0.4 is 10.1 Å². The monoisotopic (exact) mass is 410 g/mol. The predicted molar refractivity (Wildman–Crippen MR) is 101 cm³/mol. The molecule has 0 aliphatic carbocycles. The molecule has 0 bridgehead atoms. The van der Waals surface area contributed by atoms with Crippen molar-refractivity contribution in [3.8, 4) is 5.88 Å². The van der Waals surface area contributed by atoms with Crippen molar-refractivity contribution in [2.45, 2.75) is 39.0 Å². The van der Waals surface area contributed by atoms with Crippen molar-refractivity contribution in [3.05, 3.63) is 51.7 Å². The minimum Gasteiger partial charge on any atom is -0.472 e. The number of nitrogens with one attached hydrogen (secondary N) is 1. The number of hydrogen-bond acceptors (Lipinski definition) is 10. The first-order chi connectivity index (χ1) is 13.2. The third-order valence-electron chi connectivity index (χ3n) is 3.42. The third-order valence-corrected chi connectivity index (χ3v) is 3.88. The zero-order valence-electron chi connectivity index (χ0n) is 15.8. The molecule has 1 N–H and O–H groups in total. The van der Waals surface area contributed by atoms with Gasteiger partial charge in [0.1, 0.15) is 25.5 Å². The number of aromatic nitrogens is 2. The van der Waals surface area contributed by atoms with Gasteiger partial charge >= 0.3 is 5.97 Å². The van der Waals surface area contributed by atoms with Crippen LogP contribution in [0.5, 0.6) is 5.88 Å². The molecule has 1 heterocycles. The van der Waals surface area contributed by atoms with E-state index >= 15 is 0 Å². The highest BCUT2D eigenvalue weighted by molar-refractivity contribution is 6.99. The highest BCUT2D eigenvalue weighted by Crippen LogP contribution is 2.11. The molecule has 0 saturated carbocycles. The van der Waals surface area contributed by atoms with Gasteiger partial charge in [0.05, 0.1) is 17.3 Å². The van der Waals surface area contributed by atoms with Crippen molar-refractivity contribution in [1.82, 2.24) is 14.1 Å². The number of benzene rings is 1. The molecular formula is C17H22N4O6S. The normalized spacial score (nSPS) is 12.2. The molecule has 2 rings (SSSR count). The van der Waals surface area contributed by atoms with Crippen molar-refractivity contribution in [2.24, 2.45) is 0 Å². The Bertz CT molecular complexity index is 761. The number of hydrogen-bond donors (Lipinski definition) is 1. The first-order valence-corrected chi connectivity index (χ1v) is 9.18. The zero-order chi connectivity index (χ0) is 20.6. The molecule has 1 aromatic carbocycles. The van der Waals surface area contributed by atoms with Gasteiger partial charge in [0.2, 0.25) is 5.88 Å². The summed E-state index contributed by atoms with van der Waals surface area (Å²) in [6.07, 6.45) is 0.942. The van der Waals surface area contributed by atoms with E-state index in [1.54, 1.807) is 12.1 Å². The van der Waals surface area contributed by atoms with Crippen LogP contribution >= 0.6 is 11.7 Å². The quantitative estimate of drug-likeness (QED) is 0.356. The Morgan fingerprint density at radius 2 is 2.04 bits per heavy atom. The van der Waals surface area contributed by atoms with Gasteiger partial charge in [-0.25, -0.2) is 4.79 Å². The number of carbonyl (C=O) groups excluding carboxylic acids is 1. The molecule has 0 amide bonds. The van der Waals surface area contributed by atoms with Crippen LogP contribution in [-0.2, 0) is 16.2 Å². The second-order valence-electron chi connectivity index (χ2n) is 6.91. The van der Waals surface area contributed by atoms with E-state index in [1.807, 2.05) is 20.8 Å². The molecule has 1 aromatic heterocycles. The average Bonchev–Trinajstić information content (AvgIpc) is 3.15. The maximum atomic E-state index is 12.4. The van der Waals surface area contributed by atoms with Crippen LogP contribution in [-0.4, -0.2) is 44.6 Å². The van der Waals surface area contributed by atoms with E-state index in [-0.39, 0.29) is 18.8 Å². The van der Waals surface area contributed by atoms with E-state index in [9.17, 15) is 14.9 Å². The fourth-order valence-electron chi connectivity index (χ4n) is 2.04. The molecule has 0 radical (unpaired) electrons. The molecule has 2 aromatic rings. The lowest BCUT2D eigenvalue weighted by Crippen LogP contribution is -2.44. The molecule has 28 heavy (non-hydrogen) atoms. The molecule has 0 spiro atoms. The first kappa shape index (κ1) is 21.5. The molecule has 0 aliphatic heterocycles. The van der Waals surface area contributed by atoms with E-state index in [0.29, 0.717) is 23.6 Å². The number of ether oxygens (including phenoxy) is 2. The van der Waals surface area contributed by atoms with E-state index in [2.05, 4.69) is 18.9 Å². The lowest BCUT2D eigenvalue weighted by molar-refractivity contribution is -0.763. The van der Waals surface area contributed by atoms with Crippen LogP contribution in [0.4, 0.5) is 0 Å². The zero-order valence-corrected chi connectivity index (χ0v) is 16.6. The Morgan fingerprint density at radius 1 is 1.32 bits per heavy atom. The Morgan fingerprint density at radius 3 is 2.61 bits per heavy atom. The fraction of sp³-hybridized carbons (Fsp3) is 0.471. The van der Waals surface area contributed by atoms with Crippen molar-refractivity contribution < 1.29 is 24.2 Å². The molecule has 0 fully saturated rings. The minimum absolute atomic E-state index is 0.120. The summed E-state index contributed by atoms with van der Waals surface area (Å²) in [5.41, 5.74) is 0.727. The van der Waals surface area contributed by atoms with Gasteiger partial charge in [-0.15, -0.1) is 14.5 Å². The van der Waals surface area contributed by atoms with E-state index in [0.717, 1.165) is 11.7 Å². The highest BCUT2D eigenvalue weighted by Gasteiger charge is 2.20. The van der Waals surface area contributed by atoms with Gasteiger partial charge in [-0.3, -0.25) is 0 Å². The highest BCUT2D eigenvalue weighted by atomic mass is 32.1. The van der Waals surface area contributed by atoms with Gasteiger partial charge in [-0.05, 0) is 38.5 Å². The van der Waals surface area contributed by atoms with Crippen LogP contribution in [0.2, 0.25) is 0 Å². The lowest BCUT2D eigenvalue weighted by atomic mass is 10.1. The summed E-state index contributed by atoms with van der Waals surface area (Å²) < 4.78 is 18.9. The van der Waals surface area contributed by atoms with Crippen LogP contribution in [0.25, 0.3) is 0 Å². The standard InChI is InChI=1S/C17H22N4O6S/c1-17(2,3)18-8-14(11-25-15-9-19-28-20-15)27-16(22)13-6-4-12(5-7-13)10-26-21(23)24/h4-7,9,14,18H,8,10-11H2,1-3H3. The van der Waals surface area contributed by atoms with Crippen LogP contribution in [0.1, 0.15) is 36.7 Å². The largest absolute Gasteiger partial charge is 0.472 e. The smallest absolute Gasteiger partial charge is 0.338 e. The maximum absolute atomic E-state index is 12.4. The Hall–Kier alpha value is -2.79. The van der Waals surface area contributed by atoms with E-state index in [1.165, 1.54) is 18.3 Å². The summed E-state index contributed by atoms with van der Waals surface area (Å²) in [5, 5.41) is 12.6. The Labute approximate surface area is 166 Å². The topological polar surface area (TPSA) is 126 Å². The van der Waals surface area contributed by atoms with Gasteiger partial charge < -0.3 is 19.6 Å². The minimum atomic E-state index is -0.868. The van der Waals surface area contributed by atoms with Crippen LogP contribution in [0, 0.1) is 10.1 Å². The summed E-state index contributed by atoms with van der Waals surface area (Å²) in [6, 6.07) is 6.20. The average molecular weight is 410 g/mol. The molecule has 152 valence electrons. The molecule has 10 nitrogen and oxygen atoms in total. The number of esters is 1. The van der Waals surface area contributed by atoms with Gasteiger partial charge in [0.25, 0.3) is 5.09 Å².